The number of sulfonamides is 1. The predicted molar refractivity (Wildman–Crippen MR) is 83.3 cm³/mol. The molecular formula is C15H19N3O3S. The van der Waals surface area contributed by atoms with E-state index in [0.29, 0.717) is 5.69 Å². The fourth-order valence-electron chi connectivity index (χ4n) is 2.47. The Morgan fingerprint density at radius 2 is 1.91 bits per heavy atom. The minimum absolute atomic E-state index is 0.247. The van der Waals surface area contributed by atoms with E-state index in [4.69, 9.17) is 4.74 Å². The molecule has 0 unspecified atom stereocenters. The molecule has 3 rings (SSSR count). The molecule has 118 valence electrons. The van der Waals surface area contributed by atoms with Gasteiger partial charge in [-0.25, -0.2) is 8.42 Å². The SMILES string of the molecule is Cc1ccc(S(=O)(=O)Nc2cnn(C3CCOCC3)c2)cc1. The zero-order valence-electron chi connectivity index (χ0n) is 12.4. The monoisotopic (exact) mass is 321 g/mol. The average molecular weight is 321 g/mol. The Balaban J connectivity index is 1.75. The molecule has 1 saturated heterocycles. The number of anilines is 1. The van der Waals surface area contributed by atoms with Crippen molar-refractivity contribution in [3.05, 3.63) is 42.2 Å². The number of aryl methyl sites for hydroxylation is 1. The van der Waals surface area contributed by atoms with Gasteiger partial charge in [0.15, 0.2) is 0 Å². The zero-order chi connectivity index (χ0) is 15.6. The number of rotatable bonds is 4. The van der Waals surface area contributed by atoms with Crippen molar-refractivity contribution in [1.29, 1.82) is 0 Å². The Labute approximate surface area is 130 Å². The van der Waals surface area contributed by atoms with Crippen LogP contribution in [0.15, 0.2) is 41.6 Å². The smallest absolute Gasteiger partial charge is 0.261 e. The van der Waals surface area contributed by atoms with Crippen LogP contribution in [0.5, 0.6) is 0 Å². The minimum Gasteiger partial charge on any atom is -0.381 e. The summed E-state index contributed by atoms with van der Waals surface area (Å²) in [6.45, 7) is 3.35. The molecule has 0 amide bonds. The van der Waals surface area contributed by atoms with E-state index in [1.807, 2.05) is 11.6 Å². The molecule has 1 N–H and O–H groups in total. The second-order valence-corrected chi connectivity index (χ2v) is 7.15. The standard InChI is InChI=1S/C15H19N3O3S/c1-12-2-4-15(5-3-12)22(19,20)17-13-10-16-18(11-13)14-6-8-21-9-7-14/h2-5,10-11,14,17H,6-9H2,1H3. The van der Waals surface area contributed by atoms with Gasteiger partial charge in [-0.2, -0.15) is 5.10 Å². The molecule has 2 aromatic rings. The molecule has 1 aliphatic rings. The highest BCUT2D eigenvalue weighted by atomic mass is 32.2. The van der Waals surface area contributed by atoms with Gasteiger partial charge in [-0.1, -0.05) is 17.7 Å². The van der Waals surface area contributed by atoms with Crippen molar-refractivity contribution >= 4 is 15.7 Å². The second-order valence-electron chi connectivity index (χ2n) is 5.47. The maximum absolute atomic E-state index is 12.3. The molecule has 0 radical (unpaired) electrons. The van der Waals surface area contributed by atoms with Crippen LogP contribution in [0.1, 0.15) is 24.4 Å². The first kappa shape index (κ1) is 15.1. The zero-order valence-corrected chi connectivity index (χ0v) is 13.2. The number of hydrogen-bond acceptors (Lipinski definition) is 4. The Bertz CT molecular complexity index is 732. The summed E-state index contributed by atoms with van der Waals surface area (Å²) < 4.78 is 34.4. The molecule has 0 saturated carbocycles. The van der Waals surface area contributed by atoms with Crippen LogP contribution in [0.25, 0.3) is 0 Å². The molecule has 1 fully saturated rings. The molecule has 6 nitrogen and oxygen atoms in total. The Morgan fingerprint density at radius 1 is 1.23 bits per heavy atom. The van der Waals surface area contributed by atoms with Crippen molar-refractivity contribution in [1.82, 2.24) is 9.78 Å². The first-order chi connectivity index (χ1) is 10.5. The summed E-state index contributed by atoms with van der Waals surface area (Å²) in [5.74, 6) is 0. The third kappa shape index (κ3) is 3.31. The van der Waals surface area contributed by atoms with Crippen molar-refractivity contribution in [2.45, 2.75) is 30.7 Å². The molecule has 1 aliphatic heterocycles. The molecule has 0 aliphatic carbocycles. The van der Waals surface area contributed by atoms with Crippen LogP contribution < -0.4 is 4.72 Å². The van der Waals surface area contributed by atoms with Gasteiger partial charge in [0.2, 0.25) is 0 Å². The van der Waals surface area contributed by atoms with E-state index < -0.39 is 10.0 Å². The van der Waals surface area contributed by atoms with E-state index in [1.54, 1.807) is 36.7 Å². The summed E-state index contributed by atoms with van der Waals surface area (Å²) in [6, 6.07) is 7.02. The molecule has 22 heavy (non-hydrogen) atoms. The fraction of sp³-hybridized carbons (Fsp3) is 0.400. The van der Waals surface area contributed by atoms with Crippen molar-refractivity contribution in [3.8, 4) is 0 Å². The normalized spacial score (nSPS) is 16.6. The molecule has 1 aromatic heterocycles. The molecule has 0 bridgehead atoms. The van der Waals surface area contributed by atoms with Gasteiger partial charge < -0.3 is 4.74 Å². The largest absolute Gasteiger partial charge is 0.381 e. The molecule has 7 heteroatoms. The molecule has 0 spiro atoms. The average Bonchev–Trinajstić information content (AvgIpc) is 2.96. The Morgan fingerprint density at radius 3 is 2.59 bits per heavy atom. The molecule has 0 atom stereocenters. The van der Waals surface area contributed by atoms with Crippen LogP contribution in [0.2, 0.25) is 0 Å². The van der Waals surface area contributed by atoms with Gasteiger partial charge in [0.05, 0.1) is 22.8 Å². The lowest BCUT2D eigenvalue weighted by molar-refractivity contribution is 0.0662. The third-order valence-electron chi connectivity index (χ3n) is 3.75. The van der Waals surface area contributed by atoms with Gasteiger partial charge in [-0.3, -0.25) is 9.40 Å². The quantitative estimate of drug-likeness (QED) is 0.938. The third-order valence-corrected chi connectivity index (χ3v) is 5.15. The summed E-state index contributed by atoms with van der Waals surface area (Å²) in [5.41, 5.74) is 1.50. The highest BCUT2D eigenvalue weighted by Gasteiger charge is 2.19. The lowest BCUT2D eigenvalue weighted by Crippen LogP contribution is -2.19. The lowest BCUT2D eigenvalue weighted by Gasteiger charge is -2.22. The number of ether oxygens (including phenoxy) is 1. The Hall–Kier alpha value is -1.86. The van der Waals surface area contributed by atoms with Gasteiger partial charge in [0.1, 0.15) is 0 Å². The van der Waals surface area contributed by atoms with E-state index in [1.165, 1.54) is 0 Å². The van der Waals surface area contributed by atoms with E-state index in [2.05, 4.69) is 9.82 Å². The molecular weight excluding hydrogens is 302 g/mol. The van der Waals surface area contributed by atoms with Gasteiger partial charge in [0, 0.05) is 19.4 Å². The van der Waals surface area contributed by atoms with E-state index in [-0.39, 0.29) is 10.9 Å². The van der Waals surface area contributed by atoms with Crippen LogP contribution in [-0.2, 0) is 14.8 Å². The van der Waals surface area contributed by atoms with Gasteiger partial charge in [-0.05, 0) is 31.9 Å². The number of hydrogen-bond donors (Lipinski definition) is 1. The minimum atomic E-state index is -3.58. The maximum Gasteiger partial charge on any atom is 0.261 e. The lowest BCUT2D eigenvalue weighted by atomic mass is 10.1. The number of nitrogens with zero attached hydrogens (tertiary/aromatic N) is 2. The van der Waals surface area contributed by atoms with Crippen molar-refractivity contribution < 1.29 is 13.2 Å². The van der Waals surface area contributed by atoms with Gasteiger partial charge in [-0.15, -0.1) is 0 Å². The summed E-state index contributed by atoms with van der Waals surface area (Å²) in [4.78, 5) is 0.247. The topological polar surface area (TPSA) is 73.2 Å². The maximum atomic E-state index is 12.3. The first-order valence-corrected chi connectivity index (χ1v) is 8.74. The summed E-state index contributed by atoms with van der Waals surface area (Å²) in [6.07, 6.45) is 5.07. The number of benzene rings is 1. The summed E-state index contributed by atoms with van der Waals surface area (Å²) in [7, 11) is -3.58. The van der Waals surface area contributed by atoms with Crippen LogP contribution in [0.3, 0.4) is 0 Å². The highest BCUT2D eigenvalue weighted by Crippen LogP contribution is 2.22. The van der Waals surface area contributed by atoms with Crippen molar-refractivity contribution in [3.63, 3.8) is 0 Å². The Kier molecular flexibility index (Phi) is 4.17. The number of aromatic nitrogens is 2. The van der Waals surface area contributed by atoms with Crippen LogP contribution >= 0.6 is 0 Å². The van der Waals surface area contributed by atoms with Crippen molar-refractivity contribution in [2.75, 3.05) is 17.9 Å². The molecule has 1 aromatic carbocycles. The van der Waals surface area contributed by atoms with Crippen LogP contribution in [0.4, 0.5) is 5.69 Å². The van der Waals surface area contributed by atoms with Gasteiger partial charge in [0.25, 0.3) is 10.0 Å². The van der Waals surface area contributed by atoms with Gasteiger partial charge >= 0.3 is 0 Å². The number of nitrogens with one attached hydrogen (secondary N) is 1. The fourth-order valence-corrected chi connectivity index (χ4v) is 3.50. The van der Waals surface area contributed by atoms with E-state index in [9.17, 15) is 8.42 Å². The van der Waals surface area contributed by atoms with E-state index >= 15 is 0 Å². The molecule has 2 heterocycles. The van der Waals surface area contributed by atoms with E-state index in [0.717, 1.165) is 31.6 Å². The van der Waals surface area contributed by atoms with Crippen LogP contribution in [0, 0.1) is 6.92 Å². The summed E-state index contributed by atoms with van der Waals surface area (Å²) >= 11 is 0. The van der Waals surface area contributed by atoms with Crippen LogP contribution in [-0.4, -0.2) is 31.4 Å². The first-order valence-electron chi connectivity index (χ1n) is 7.26. The van der Waals surface area contributed by atoms with Crippen molar-refractivity contribution in [2.24, 2.45) is 0 Å². The highest BCUT2D eigenvalue weighted by molar-refractivity contribution is 7.92. The summed E-state index contributed by atoms with van der Waals surface area (Å²) in [5, 5.41) is 4.27. The predicted octanol–water partition coefficient (Wildman–Crippen LogP) is 2.34. The second kappa shape index (κ2) is 6.10.